The van der Waals surface area contributed by atoms with Gasteiger partial charge in [-0.3, -0.25) is 14.4 Å². The van der Waals surface area contributed by atoms with E-state index in [4.69, 9.17) is 16.7 Å². The Hall–Kier alpha value is -4.23. The molecule has 0 aliphatic carbocycles. The van der Waals surface area contributed by atoms with Crippen molar-refractivity contribution in [2.24, 2.45) is 0 Å². The molecule has 36 heavy (non-hydrogen) atoms. The number of benzene rings is 3. The predicted molar refractivity (Wildman–Crippen MR) is 139 cm³/mol. The number of nitrogens with one attached hydrogen (secondary N) is 2. The van der Waals surface area contributed by atoms with Gasteiger partial charge in [-0.25, -0.2) is 4.79 Å². The van der Waals surface area contributed by atoms with Crippen LogP contribution >= 0.6 is 11.6 Å². The summed E-state index contributed by atoms with van der Waals surface area (Å²) in [4.78, 5) is 48.7. The highest BCUT2D eigenvalue weighted by Gasteiger charge is 2.20. The lowest BCUT2D eigenvalue weighted by molar-refractivity contribution is -0.123. The molecule has 184 valence electrons. The Morgan fingerprint density at radius 3 is 2.31 bits per heavy atom. The number of carbonyl (C=O) groups is 4. The number of hydrogen-bond acceptors (Lipinski definition) is 4. The molecule has 7 nitrogen and oxygen atoms in total. The number of ketones is 1. The van der Waals surface area contributed by atoms with Crippen molar-refractivity contribution in [3.8, 4) is 0 Å². The normalized spacial score (nSPS) is 11.6. The Morgan fingerprint density at radius 1 is 0.972 bits per heavy atom. The summed E-state index contributed by atoms with van der Waals surface area (Å²) in [7, 11) is 0. The largest absolute Gasteiger partial charge is 0.478 e. The first-order valence-electron chi connectivity index (χ1n) is 11.2. The topological polar surface area (TPSA) is 113 Å². The highest BCUT2D eigenvalue weighted by molar-refractivity contribution is 6.31. The van der Waals surface area contributed by atoms with E-state index in [-0.39, 0.29) is 11.3 Å². The molecule has 2 amide bonds. The monoisotopic (exact) mass is 504 g/mol. The number of carbonyl (C=O) groups excluding carboxylic acids is 3. The summed E-state index contributed by atoms with van der Waals surface area (Å²) in [5.74, 6) is -2.19. The standard InChI is InChI=1S/C28H25ClN2O5/c1-18(32)24-14-11-22(29)17-21(24)10-16-26(33)31-25(15-7-19-5-3-2-4-6-19)27(34)30-23-12-8-20(9-13-23)28(35)36/h2-6,8-14,16-17,25H,7,15H2,1H3,(H,30,34)(H,31,33)(H,35,36)/b16-10+/t25-/m0/s1. The first-order valence-corrected chi connectivity index (χ1v) is 11.6. The molecule has 3 aromatic rings. The van der Waals surface area contributed by atoms with Gasteiger partial charge in [0, 0.05) is 22.3 Å². The van der Waals surface area contributed by atoms with E-state index < -0.39 is 23.8 Å². The molecule has 0 unspecified atom stereocenters. The summed E-state index contributed by atoms with van der Waals surface area (Å²) in [5, 5.41) is 14.9. The Kier molecular flexibility index (Phi) is 9.13. The fraction of sp³-hybridized carbons (Fsp3) is 0.143. The van der Waals surface area contributed by atoms with Gasteiger partial charge in [0.15, 0.2) is 5.78 Å². The van der Waals surface area contributed by atoms with E-state index in [0.717, 1.165) is 5.56 Å². The number of hydrogen-bond donors (Lipinski definition) is 3. The van der Waals surface area contributed by atoms with Crippen LogP contribution in [0.1, 0.15) is 45.2 Å². The predicted octanol–water partition coefficient (Wildman–Crippen LogP) is 5.01. The number of Topliss-reactive ketones (excluding diaryl/α,β-unsaturated/α-hetero) is 1. The molecule has 0 aliphatic heterocycles. The van der Waals surface area contributed by atoms with E-state index in [0.29, 0.717) is 34.7 Å². The lowest BCUT2D eigenvalue weighted by Gasteiger charge is -2.18. The van der Waals surface area contributed by atoms with E-state index in [1.165, 1.54) is 43.3 Å². The molecule has 0 heterocycles. The van der Waals surface area contributed by atoms with Gasteiger partial charge in [-0.15, -0.1) is 0 Å². The SMILES string of the molecule is CC(=O)c1ccc(Cl)cc1/C=C/C(=O)N[C@@H](CCc1ccccc1)C(=O)Nc1ccc(C(=O)O)cc1. The fourth-order valence-electron chi connectivity index (χ4n) is 3.53. The summed E-state index contributed by atoms with van der Waals surface area (Å²) in [5.41, 5.74) is 2.43. The van der Waals surface area contributed by atoms with Crippen molar-refractivity contribution in [1.82, 2.24) is 5.32 Å². The third-order valence-electron chi connectivity index (χ3n) is 5.40. The van der Waals surface area contributed by atoms with Gasteiger partial charge in [0.2, 0.25) is 11.8 Å². The van der Waals surface area contributed by atoms with Crippen molar-refractivity contribution < 1.29 is 24.3 Å². The average Bonchev–Trinajstić information content (AvgIpc) is 2.86. The average molecular weight is 505 g/mol. The van der Waals surface area contributed by atoms with Gasteiger partial charge in [0.05, 0.1) is 5.56 Å². The number of carboxylic acids is 1. The van der Waals surface area contributed by atoms with Gasteiger partial charge < -0.3 is 15.7 Å². The van der Waals surface area contributed by atoms with Gasteiger partial charge in [-0.1, -0.05) is 41.9 Å². The van der Waals surface area contributed by atoms with Crippen LogP contribution in [-0.4, -0.2) is 34.7 Å². The minimum absolute atomic E-state index is 0.0954. The maximum absolute atomic E-state index is 13.0. The number of rotatable bonds is 10. The quantitative estimate of drug-likeness (QED) is 0.265. The van der Waals surface area contributed by atoms with E-state index in [1.807, 2.05) is 30.3 Å². The molecular weight excluding hydrogens is 480 g/mol. The third kappa shape index (κ3) is 7.65. The van der Waals surface area contributed by atoms with Crippen molar-refractivity contribution in [3.63, 3.8) is 0 Å². The summed E-state index contributed by atoms with van der Waals surface area (Å²) in [6.07, 6.45) is 3.61. The minimum Gasteiger partial charge on any atom is -0.478 e. The van der Waals surface area contributed by atoms with Crippen LogP contribution in [0.15, 0.2) is 78.9 Å². The van der Waals surface area contributed by atoms with E-state index in [1.54, 1.807) is 18.2 Å². The maximum atomic E-state index is 13.0. The molecule has 3 aromatic carbocycles. The van der Waals surface area contributed by atoms with Gasteiger partial charge in [-0.05, 0) is 79.4 Å². The summed E-state index contributed by atoms with van der Waals surface area (Å²) in [6.45, 7) is 1.42. The zero-order valence-electron chi connectivity index (χ0n) is 19.5. The Balaban J connectivity index is 1.75. The highest BCUT2D eigenvalue weighted by atomic mass is 35.5. The number of amides is 2. The van der Waals surface area contributed by atoms with Crippen molar-refractivity contribution in [3.05, 3.63) is 106 Å². The second-order valence-corrected chi connectivity index (χ2v) is 8.51. The highest BCUT2D eigenvalue weighted by Crippen LogP contribution is 2.18. The molecule has 0 bridgehead atoms. The molecule has 0 saturated carbocycles. The summed E-state index contributed by atoms with van der Waals surface area (Å²) < 4.78 is 0. The van der Waals surface area contributed by atoms with Crippen LogP contribution < -0.4 is 10.6 Å². The third-order valence-corrected chi connectivity index (χ3v) is 5.64. The van der Waals surface area contributed by atoms with Crippen LogP contribution in [0.25, 0.3) is 6.08 Å². The summed E-state index contributed by atoms with van der Waals surface area (Å²) >= 11 is 6.04. The van der Waals surface area contributed by atoms with Gasteiger partial charge in [-0.2, -0.15) is 0 Å². The van der Waals surface area contributed by atoms with E-state index in [9.17, 15) is 19.2 Å². The Bertz CT molecular complexity index is 1290. The lowest BCUT2D eigenvalue weighted by Crippen LogP contribution is -2.43. The number of carboxylic acid groups (broad SMARTS) is 1. The molecular formula is C28H25ClN2O5. The Morgan fingerprint density at radius 2 is 1.67 bits per heavy atom. The molecule has 0 aromatic heterocycles. The number of aryl methyl sites for hydroxylation is 1. The molecule has 3 N–H and O–H groups in total. The van der Waals surface area contributed by atoms with Crippen LogP contribution in [0.5, 0.6) is 0 Å². The molecule has 0 saturated heterocycles. The van der Waals surface area contributed by atoms with Crippen LogP contribution in [0.2, 0.25) is 5.02 Å². The molecule has 3 rings (SSSR count). The van der Waals surface area contributed by atoms with Crippen molar-refractivity contribution in [2.75, 3.05) is 5.32 Å². The van der Waals surface area contributed by atoms with Crippen LogP contribution in [-0.2, 0) is 16.0 Å². The van der Waals surface area contributed by atoms with Crippen molar-refractivity contribution in [1.29, 1.82) is 0 Å². The minimum atomic E-state index is -1.07. The summed E-state index contributed by atoms with van der Waals surface area (Å²) in [6, 6.07) is 19.2. The van der Waals surface area contributed by atoms with Crippen LogP contribution in [0.3, 0.4) is 0 Å². The Labute approximate surface area is 213 Å². The van der Waals surface area contributed by atoms with E-state index in [2.05, 4.69) is 10.6 Å². The fourth-order valence-corrected chi connectivity index (χ4v) is 3.71. The van der Waals surface area contributed by atoms with Crippen LogP contribution in [0, 0.1) is 0 Å². The number of anilines is 1. The zero-order chi connectivity index (χ0) is 26.1. The van der Waals surface area contributed by atoms with Gasteiger partial charge in [0.1, 0.15) is 6.04 Å². The second kappa shape index (κ2) is 12.5. The first-order chi connectivity index (χ1) is 17.2. The number of aromatic carboxylic acids is 1. The van der Waals surface area contributed by atoms with Crippen molar-refractivity contribution in [2.45, 2.75) is 25.8 Å². The smallest absolute Gasteiger partial charge is 0.335 e. The first kappa shape index (κ1) is 26.4. The number of halogens is 1. The van der Waals surface area contributed by atoms with E-state index >= 15 is 0 Å². The van der Waals surface area contributed by atoms with Crippen LogP contribution in [0.4, 0.5) is 5.69 Å². The zero-order valence-corrected chi connectivity index (χ0v) is 20.3. The maximum Gasteiger partial charge on any atom is 0.335 e. The van der Waals surface area contributed by atoms with Gasteiger partial charge >= 0.3 is 5.97 Å². The molecule has 8 heteroatoms. The molecule has 1 atom stereocenters. The second-order valence-electron chi connectivity index (χ2n) is 8.08. The van der Waals surface area contributed by atoms with Crippen molar-refractivity contribution >= 4 is 46.9 Å². The molecule has 0 spiro atoms. The molecule has 0 fully saturated rings. The molecule has 0 aliphatic rings. The van der Waals surface area contributed by atoms with Gasteiger partial charge in [0.25, 0.3) is 0 Å². The molecule has 0 radical (unpaired) electrons. The lowest BCUT2D eigenvalue weighted by atomic mass is 10.0.